The molecular weight excluding hydrogens is 140 g/mol. The van der Waals surface area contributed by atoms with Gasteiger partial charge < -0.3 is 4.74 Å². The van der Waals surface area contributed by atoms with Gasteiger partial charge in [-0.05, 0) is 26.7 Å². The standard InChI is InChI=1S/C9H16O2/c1-4-6-7-9(10)11-8(3)5-2/h8H,2-7H2,1H3. The molecule has 0 amide bonds. The molecule has 2 nitrogen and oxygen atoms in total. The number of esters is 1. The first-order valence-corrected chi connectivity index (χ1v) is 4.02. The summed E-state index contributed by atoms with van der Waals surface area (Å²) in [7, 11) is 0. The van der Waals surface area contributed by atoms with Crippen molar-refractivity contribution in [3.05, 3.63) is 13.8 Å². The second kappa shape index (κ2) is 6.20. The van der Waals surface area contributed by atoms with E-state index in [1.54, 1.807) is 0 Å². The zero-order chi connectivity index (χ0) is 8.69. The summed E-state index contributed by atoms with van der Waals surface area (Å²) in [6.45, 7) is 9.22. The first-order chi connectivity index (χ1) is 5.20. The summed E-state index contributed by atoms with van der Waals surface area (Å²) in [6.07, 6.45) is 2.67. The molecule has 0 aromatic carbocycles. The van der Waals surface area contributed by atoms with Gasteiger partial charge in [0.1, 0.15) is 6.10 Å². The number of unbranched alkanes of at least 4 members (excludes halogenated alkanes) is 1. The average Bonchev–Trinajstić information content (AvgIpc) is 2.00. The number of ether oxygens (including phenoxy) is 1. The Morgan fingerprint density at radius 3 is 2.73 bits per heavy atom. The molecule has 0 rings (SSSR count). The van der Waals surface area contributed by atoms with E-state index in [2.05, 4.69) is 13.8 Å². The third kappa shape index (κ3) is 5.89. The molecule has 64 valence electrons. The summed E-state index contributed by atoms with van der Waals surface area (Å²) in [6, 6.07) is 0. The summed E-state index contributed by atoms with van der Waals surface area (Å²) >= 11 is 0. The van der Waals surface area contributed by atoms with Crippen molar-refractivity contribution in [2.24, 2.45) is 0 Å². The van der Waals surface area contributed by atoms with Crippen LogP contribution >= 0.6 is 0 Å². The van der Waals surface area contributed by atoms with Crippen LogP contribution in [0.1, 0.15) is 32.6 Å². The monoisotopic (exact) mass is 156 g/mol. The summed E-state index contributed by atoms with van der Waals surface area (Å²) in [4.78, 5) is 10.9. The summed E-state index contributed by atoms with van der Waals surface area (Å²) < 4.78 is 4.89. The van der Waals surface area contributed by atoms with E-state index in [9.17, 15) is 4.79 Å². The van der Waals surface area contributed by atoms with Crippen LogP contribution in [0.4, 0.5) is 0 Å². The van der Waals surface area contributed by atoms with Gasteiger partial charge >= 0.3 is 5.97 Å². The van der Waals surface area contributed by atoms with Crippen LogP contribution < -0.4 is 0 Å². The summed E-state index contributed by atoms with van der Waals surface area (Å²) in [5.74, 6) is -0.157. The molecule has 0 aromatic heterocycles. The Kier molecular flexibility index (Phi) is 5.90. The predicted octanol–water partition coefficient (Wildman–Crippen LogP) is 2.15. The van der Waals surface area contributed by atoms with E-state index in [1.807, 2.05) is 6.92 Å². The van der Waals surface area contributed by atoms with Gasteiger partial charge in [-0.2, -0.15) is 0 Å². The van der Waals surface area contributed by atoms with Crippen LogP contribution in [0.15, 0.2) is 0 Å². The number of carbonyl (C=O) groups excluding carboxylic acids is 1. The molecule has 0 saturated heterocycles. The molecule has 0 saturated carbocycles. The van der Waals surface area contributed by atoms with Crippen molar-refractivity contribution in [3.8, 4) is 0 Å². The van der Waals surface area contributed by atoms with Crippen LogP contribution in [0, 0.1) is 13.8 Å². The Balaban J connectivity index is 3.36. The number of rotatable bonds is 5. The molecule has 0 spiro atoms. The van der Waals surface area contributed by atoms with E-state index in [1.165, 1.54) is 0 Å². The molecule has 0 N–H and O–H groups in total. The maximum absolute atomic E-state index is 10.9. The van der Waals surface area contributed by atoms with Crippen molar-refractivity contribution in [2.75, 3.05) is 0 Å². The van der Waals surface area contributed by atoms with Crippen LogP contribution in [0.5, 0.6) is 0 Å². The molecule has 0 aliphatic carbocycles. The van der Waals surface area contributed by atoms with Crippen molar-refractivity contribution in [3.63, 3.8) is 0 Å². The Hall–Kier alpha value is -0.530. The van der Waals surface area contributed by atoms with Gasteiger partial charge in [0.15, 0.2) is 0 Å². The van der Waals surface area contributed by atoms with Gasteiger partial charge in [0.05, 0.1) is 0 Å². The number of hydrogen-bond donors (Lipinski definition) is 0. The molecular formula is C9H16O2. The quantitative estimate of drug-likeness (QED) is 0.570. The predicted molar refractivity (Wildman–Crippen MR) is 44.7 cm³/mol. The van der Waals surface area contributed by atoms with Crippen LogP contribution in [-0.2, 0) is 9.53 Å². The Bertz CT molecular complexity index is 110. The normalized spacial score (nSPS) is 12.6. The van der Waals surface area contributed by atoms with Crippen molar-refractivity contribution in [1.29, 1.82) is 0 Å². The number of carbonyl (C=O) groups is 1. The van der Waals surface area contributed by atoms with E-state index >= 15 is 0 Å². The van der Waals surface area contributed by atoms with Crippen LogP contribution in [0.2, 0.25) is 0 Å². The van der Waals surface area contributed by atoms with Gasteiger partial charge in [-0.1, -0.05) is 13.3 Å². The van der Waals surface area contributed by atoms with Crippen molar-refractivity contribution in [1.82, 2.24) is 0 Å². The lowest BCUT2D eigenvalue weighted by molar-refractivity contribution is -0.147. The number of hydrogen-bond acceptors (Lipinski definition) is 2. The van der Waals surface area contributed by atoms with E-state index < -0.39 is 0 Å². The lowest BCUT2D eigenvalue weighted by atomic mass is 10.2. The largest absolute Gasteiger partial charge is 0.462 e. The molecule has 11 heavy (non-hydrogen) atoms. The Morgan fingerprint density at radius 1 is 1.64 bits per heavy atom. The van der Waals surface area contributed by atoms with Crippen molar-refractivity contribution in [2.45, 2.75) is 38.7 Å². The van der Waals surface area contributed by atoms with Gasteiger partial charge in [0, 0.05) is 6.42 Å². The molecule has 2 heteroatoms. The molecule has 1 unspecified atom stereocenters. The Labute approximate surface area is 68.9 Å². The lowest BCUT2D eigenvalue weighted by Crippen LogP contribution is -2.13. The maximum Gasteiger partial charge on any atom is 0.306 e. The zero-order valence-electron chi connectivity index (χ0n) is 7.14. The smallest absolute Gasteiger partial charge is 0.306 e. The fraction of sp³-hybridized carbons (Fsp3) is 0.667. The minimum atomic E-state index is -0.278. The van der Waals surface area contributed by atoms with Crippen molar-refractivity contribution < 1.29 is 9.53 Å². The zero-order valence-corrected chi connectivity index (χ0v) is 7.14. The van der Waals surface area contributed by atoms with Gasteiger partial charge in [-0.15, -0.1) is 0 Å². The van der Waals surface area contributed by atoms with E-state index in [0.717, 1.165) is 12.8 Å². The average molecular weight is 156 g/mol. The molecule has 0 aliphatic heterocycles. The first-order valence-electron chi connectivity index (χ1n) is 4.02. The molecule has 0 fully saturated rings. The van der Waals surface area contributed by atoms with Gasteiger partial charge in [0.25, 0.3) is 0 Å². The Morgan fingerprint density at radius 2 is 2.27 bits per heavy atom. The highest BCUT2D eigenvalue weighted by molar-refractivity contribution is 5.69. The third-order valence-electron chi connectivity index (χ3n) is 1.35. The van der Waals surface area contributed by atoms with Crippen LogP contribution in [0.3, 0.4) is 0 Å². The lowest BCUT2D eigenvalue weighted by Gasteiger charge is -2.09. The topological polar surface area (TPSA) is 26.3 Å². The second-order valence-corrected chi connectivity index (χ2v) is 2.50. The van der Waals surface area contributed by atoms with Crippen molar-refractivity contribution >= 4 is 5.97 Å². The van der Waals surface area contributed by atoms with E-state index in [4.69, 9.17) is 4.74 Å². The van der Waals surface area contributed by atoms with Gasteiger partial charge in [-0.25, -0.2) is 0 Å². The molecule has 0 bridgehead atoms. The highest BCUT2D eigenvalue weighted by Crippen LogP contribution is 2.01. The van der Waals surface area contributed by atoms with Gasteiger partial charge in [0.2, 0.25) is 0 Å². The fourth-order valence-electron chi connectivity index (χ4n) is 0.625. The van der Waals surface area contributed by atoms with Crippen LogP contribution in [0.25, 0.3) is 0 Å². The SMILES string of the molecule is [CH2]CC([CH2])OC(=O)CCCC. The minimum absolute atomic E-state index is 0.157. The minimum Gasteiger partial charge on any atom is -0.462 e. The molecule has 0 heterocycles. The first kappa shape index (κ1) is 10.5. The second-order valence-electron chi connectivity index (χ2n) is 2.50. The fourth-order valence-corrected chi connectivity index (χ4v) is 0.625. The van der Waals surface area contributed by atoms with E-state index in [-0.39, 0.29) is 12.1 Å². The van der Waals surface area contributed by atoms with Gasteiger partial charge in [-0.3, -0.25) is 4.79 Å². The molecule has 0 aromatic rings. The molecule has 1 atom stereocenters. The molecule has 2 radical (unpaired) electrons. The highest BCUT2D eigenvalue weighted by Gasteiger charge is 2.05. The summed E-state index contributed by atoms with van der Waals surface area (Å²) in [5, 5.41) is 0. The maximum atomic E-state index is 10.9. The van der Waals surface area contributed by atoms with Crippen LogP contribution in [-0.4, -0.2) is 12.1 Å². The summed E-state index contributed by atoms with van der Waals surface area (Å²) in [5.41, 5.74) is 0. The van der Waals surface area contributed by atoms with E-state index in [0.29, 0.717) is 12.8 Å². The third-order valence-corrected chi connectivity index (χ3v) is 1.35. The molecule has 0 aliphatic rings. The highest BCUT2D eigenvalue weighted by atomic mass is 16.5.